The van der Waals surface area contributed by atoms with E-state index in [0.29, 0.717) is 36.7 Å². The standard InChI is InChI=1S/C20H24F2O2.C14H24.C2H4O.C2H6/c1-5-9-18(23)15(13(4)6-2)12-17(22)14(7-3)20-16(21)10-8-11-19(20)24;1-8-9-12(6)13(7)14(10(2)3)11(4)5;1-2-3;1-2/h7-8,10-12,24H,5-6,9H2,1-4H3;8-11H,1H2,2-7H3;2H,1H3;1-2H3/b14-7+,15-13-,17-12+;12-9-;;. The van der Waals surface area contributed by atoms with Gasteiger partial charge in [-0.25, -0.2) is 8.78 Å². The van der Waals surface area contributed by atoms with E-state index in [1.165, 1.54) is 36.3 Å². The maximum Gasteiger partial charge on any atom is 0.162 e. The molecule has 0 aromatic heterocycles. The zero-order chi connectivity index (χ0) is 34.3. The fourth-order valence-corrected chi connectivity index (χ4v) is 4.44. The summed E-state index contributed by atoms with van der Waals surface area (Å²) in [6.45, 7) is 29.7. The minimum Gasteiger partial charge on any atom is -0.507 e. The summed E-state index contributed by atoms with van der Waals surface area (Å²) in [5.41, 5.74) is 5.12. The highest BCUT2D eigenvalue weighted by molar-refractivity contribution is 5.99. The first-order chi connectivity index (χ1) is 20.2. The second-order valence-corrected chi connectivity index (χ2v) is 10.3. The highest BCUT2D eigenvalue weighted by Gasteiger charge is 2.18. The van der Waals surface area contributed by atoms with E-state index >= 15 is 0 Å². The zero-order valence-electron chi connectivity index (χ0n) is 29.1. The normalized spacial score (nSPS) is 12.1. The molecule has 0 atom stereocenters. The molecule has 3 nitrogen and oxygen atoms in total. The van der Waals surface area contributed by atoms with E-state index in [9.17, 15) is 18.7 Å². The molecule has 0 heterocycles. The fourth-order valence-electron chi connectivity index (χ4n) is 4.44. The molecule has 0 unspecified atom stereocenters. The molecule has 1 aromatic rings. The SMILES string of the molecule is C=C/C=C(/C)C(C)=C(C(C)C)C(C)C.CC.CC=O.C\C=C(/C(F)=C\C(C(=O)CCC)=C(/C)CC)c1c(O)cccc1F. The number of phenols is 1. The van der Waals surface area contributed by atoms with Crippen LogP contribution in [-0.2, 0) is 9.59 Å². The fraction of sp³-hybridized carbons (Fsp3) is 0.474. The van der Waals surface area contributed by atoms with E-state index in [2.05, 4.69) is 54.2 Å². The van der Waals surface area contributed by atoms with E-state index < -0.39 is 11.6 Å². The van der Waals surface area contributed by atoms with Crippen LogP contribution in [0.4, 0.5) is 8.78 Å². The molecule has 1 aromatic carbocycles. The molecule has 0 bridgehead atoms. The summed E-state index contributed by atoms with van der Waals surface area (Å²) in [7, 11) is 0. The number of Topliss-reactive ketones (excluding diaryl/α,β-unsaturated/α-hetero) is 1. The Morgan fingerprint density at radius 2 is 1.53 bits per heavy atom. The van der Waals surface area contributed by atoms with Crippen molar-refractivity contribution in [1.82, 2.24) is 0 Å². The molecule has 0 fully saturated rings. The van der Waals surface area contributed by atoms with Crippen LogP contribution in [0.5, 0.6) is 5.75 Å². The lowest BCUT2D eigenvalue weighted by molar-refractivity contribution is -0.115. The van der Waals surface area contributed by atoms with Gasteiger partial charge in [0.1, 0.15) is 23.7 Å². The Morgan fingerprint density at radius 3 is 1.91 bits per heavy atom. The average Bonchev–Trinajstić information content (AvgIpc) is 2.95. The topological polar surface area (TPSA) is 54.4 Å². The first-order valence-corrected chi connectivity index (χ1v) is 15.3. The lowest BCUT2D eigenvalue weighted by Gasteiger charge is -2.20. The molecule has 43 heavy (non-hydrogen) atoms. The molecule has 0 aliphatic carbocycles. The molecule has 0 saturated heterocycles. The molecule has 0 aliphatic heterocycles. The Morgan fingerprint density at radius 1 is 1.02 bits per heavy atom. The van der Waals surface area contributed by atoms with Crippen molar-refractivity contribution in [2.45, 2.75) is 109 Å². The smallest absolute Gasteiger partial charge is 0.162 e. The van der Waals surface area contributed by atoms with Crippen molar-refractivity contribution in [1.29, 1.82) is 0 Å². The van der Waals surface area contributed by atoms with Gasteiger partial charge in [-0.15, -0.1) is 0 Å². The van der Waals surface area contributed by atoms with Crippen LogP contribution in [0.2, 0.25) is 0 Å². The Kier molecular flexibility index (Phi) is 25.8. The number of carbonyl (C=O) groups excluding carboxylic acids is 2. The molecule has 0 saturated carbocycles. The monoisotopic (exact) mass is 600 g/mol. The highest BCUT2D eigenvalue weighted by atomic mass is 19.1. The van der Waals surface area contributed by atoms with Crippen LogP contribution >= 0.6 is 0 Å². The molecule has 1 N–H and O–H groups in total. The number of aldehydes is 1. The second kappa shape index (κ2) is 25.2. The summed E-state index contributed by atoms with van der Waals surface area (Å²) in [6.07, 6.45) is 8.83. The van der Waals surface area contributed by atoms with Crippen LogP contribution in [0.1, 0.15) is 115 Å². The van der Waals surface area contributed by atoms with Crippen LogP contribution in [0.15, 0.2) is 82.8 Å². The Labute approximate surface area is 261 Å². The van der Waals surface area contributed by atoms with E-state index in [4.69, 9.17) is 4.79 Å². The number of phenolic OH excluding ortho intramolecular Hbond substituents is 1. The number of carbonyl (C=O) groups is 2. The van der Waals surface area contributed by atoms with Gasteiger partial charge in [-0.05, 0) is 88.7 Å². The lowest BCUT2D eigenvalue weighted by Crippen LogP contribution is -2.05. The number of halogens is 2. The van der Waals surface area contributed by atoms with E-state index in [1.807, 2.05) is 33.8 Å². The molecule has 0 radical (unpaired) electrons. The minimum absolute atomic E-state index is 0.0729. The molecule has 0 aliphatic rings. The lowest BCUT2D eigenvalue weighted by atomic mass is 9.86. The quantitative estimate of drug-likeness (QED) is 0.156. The summed E-state index contributed by atoms with van der Waals surface area (Å²) in [6, 6.07) is 3.80. The summed E-state index contributed by atoms with van der Waals surface area (Å²) < 4.78 is 28.8. The summed E-state index contributed by atoms with van der Waals surface area (Å²) in [5.74, 6) is -0.690. The van der Waals surface area contributed by atoms with Crippen molar-refractivity contribution < 1.29 is 23.5 Å². The first kappa shape index (κ1) is 44.1. The molecular weight excluding hydrogens is 542 g/mol. The van der Waals surface area contributed by atoms with Crippen molar-refractivity contribution in [2.75, 3.05) is 0 Å². The third-order valence-corrected chi connectivity index (χ3v) is 6.48. The van der Waals surface area contributed by atoms with Crippen molar-refractivity contribution in [2.24, 2.45) is 11.8 Å². The minimum atomic E-state index is -0.745. The van der Waals surface area contributed by atoms with E-state index in [0.717, 1.165) is 24.0 Å². The molecule has 0 amide bonds. The summed E-state index contributed by atoms with van der Waals surface area (Å²) in [5, 5.41) is 9.87. The van der Waals surface area contributed by atoms with Gasteiger partial charge in [0, 0.05) is 17.6 Å². The Bertz CT molecular complexity index is 1130. The molecule has 1 rings (SSSR count). The van der Waals surface area contributed by atoms with Crippen LogP contribution in [0, 0.1) is 17.7 Å². The third kappa shape index (κ3) is 16.2. The molecule has 242 valence electrons. The largest absolute Gasteiger partial charge is 0.507 e. The predicted octanol–water partition coefficient (Wildman–Crippen LogP) is 11.9. The highest BCUT2D eigenvalue weighted by Crippen LogP contribution is 2.34. The molecule has 5 heteroatoms. The number of ketones is 1. The second-order valence-electron chi connectivity index (χ2n) is 10.3. The summed E-state index contributed by atoms with van der Waals surface area (Å²) in [4.78, 5) is 21.1. The van der Waals surface area contributed by atoms with Crippen LogP contribution < -0.4 is 0 Å². The van der Waals surface area contributed by atoms with Crippen molar-refractivity contribution in [3.8, 4) is 5.75 Å². The Hall–Kier alpha value is -3.34. The van der Waals surface area contributed by atoms with Crippen LogP contribution in [-0.4, -0.2) is 17.2 Å². The third-order valence-electron chi connectivity index (χ3n) is 6.48. The first-order valence-electron chi connectivity index (χ1n) is 15.3. The number of hydrogen-bond donors (Lipinski definition) is 1. The molecular formula is C38H58F2O3. The van der Waals surface area contributed by atoms with Crippen molar-refractivity contribution in [3.63, 3.8) is 0 Å². The van der Waals surface area contributed by atoms with E-state index in [1.54, 1.807) is 19.4 Å². The summed E-state index contributed by atoms with van der Waals surface area (Å²) >= 11 is 0. The number of rotatable bonds is 11. The van der Waals surface area contributed by atoms with Gasteiger partial charge >= 0.3 is 0 Å². The number of benzene rings is 1. The van der Waals surface area contributed by atoms with Crippen molar-refractivity contribution in [3.05, 3.63) is 94.2 Å². The zero-order valence-corrected chi connectivity index (χ0v) is 29.1. The van der Waals surface area contributed by atoms with Gasteiger partial charge in [-0.1, -0.05) is 97.4 Å². The van der Waals surface area contributed by atoms with Gasteiger partial charge in [0.05, 0.1) is 5.56 Å². The maximum absolute atomic E-state index is 14.8. The molecule has 0 spiro atoms. The van der Waals surface area contributed by atoms with Gasteiger partial charge in [0.2, 0.25) is 0 Å². The maximum atomic E-state index is 14.8. The number of hydrogen-bond acceptors (Lipinski definition) is 3. The van der Waals surface area contributed by atoms with Gasteiger partial charge in [-0.2, -0.15) is 0 Å². The van der Waals surface area contributed by atoms with Gasteiger partial charge in [-0.3, -0.25) is 4.79 Å². The predicted molar refractivity (Wildman–Crippen MR) is 183 cm³/mol. The Balaban J connectivity index is -0.000000714. The average molecular weight is 601 g/mol. The van der Waals surface area contributed by atoms with Gasteiger partial charge < -0.3 is 9.90 Å². The van der Waals surface area contributed by atoms with Gasteiger partial charge in [0.15, 0.2) is 5.78 Å². The number of aromatic hydroxyl groups is 1. The van der Waals surface area contributed by atoms with Crippen LogP contribution in [0.25, 0.3) is 5.57 Å². The van der Waals surface area contributed by atoms with E-state index in [-0.39, 0.29) is 22.7 Å². The number of allylic oxidation sites excluding steroid dienone is 11. The van der Waals surface area contributed by atoms with Crippen LogP contribution in [0.3, 0.4) is 0 Å². The van der Waals surface area contributed by atoms with Crippen molar-refractivity contribution >= 4 is 17.6 Å². The van der Waals surface area contributed by atoms with Gasteiger partial charge in [0.25, 0.3) is 0 Å².